The number of fused-ring (bicyclic) bond motifs is 5. The molecule has 1 aromatic rings. The van der Waals surface area contributed by atoms with E-state index in [1.807, 2.05) is 30.3 Å². The van der Waals surface area contributed by atoms with Crippen LogP contribution in [0, 0.1) is 46.3 Å². The van der Waals surface area contributed by atoms with Crippen LogP contribution in [0.2, 0.25) is 0 Å². The molecule has 2 nitrogen and oxygen atoms in total. The highest BCUT2D eigenvalue weighted by Gasteiger charge is 2.57. The third kappa shape index (κ3) is 4.79. The van der Waals surface area contributed by atoms with E-state index in [0.29, 0.717) is 34.7 Å². The first-order valence-electron chi connectivity index (χ1n) is 15.0. The lowest BCUT2D eigenvalue weighted by Gasteiger charge is -2.55. The van der Waals surface area contributed by atoms with Crippen LogP contribution in [0.25, 0.3) is 0 Å². The summed E-state index contributed by atoms with van der Waals surface area (Å²) in [5.41, 5.74) is 4.54. The van der Waals surface area contributed by atoms with Crippen molar-refractivity contribution in [3.05, 3.63) is 71.3 Å². The van der Waals surface area contributed by atoms with Crippen LogP contribution < -0.4 is 0 Å². The maximum absolute atomic E-state index is 12.7. The largest absolute Gasteiger partial charge is 0.458 e. The molecule has 1 aromatic carbocycles. The minimum absolute atomic E-state index is 0.00688. The fourth-order valence-corrected chi connectivity index (χ4v) is 8.47. The lowest BCUT2D eigenvalue weighted by atomic mass is 9.50. The van der Waals surface area contributed by atoms with Crippen molar-refractivity contribution in [2.45, 2.75) is 92.6 Å². The van der Waals surface area contributed by atoms with E-state index in [2.05, 4.69) is 65.8 Å². The molecule has 0 spiro atoms. The molecular formula is C35H48O2. The minimum atomic E-state index is -0.182. The molecule has 0 heterocycles. The third-order valence-corrected chi connectivity index (χ3v) is 11.3. The molecule has 0 bridgehead atoms. The monoisotopic (exact) mass is 500 g/mol. The minimum Gasteiger partial charge on any atom is -0.458 e. The Kier molecular flexibility index (Phi) is 7.33. The number of esters is 1. The van der Waals surface area contributed by atoms with Crippen molar-refractivity contribution in [2.24, 2.45) is 46.3 Å². The molecule has 0 aliphatic heterocycles. The standard InChI is InChI=1S/C35H48O2/c1-23(2)24(3)12-13-25(4)30-16-17-31-29-15-14-27-22-28(37-33(36)26-10-8-7-9-11-26)18-20-34(27,5)32(29)19-21-35(30,31)6/h7-15,23-25,28,30-32H,16-22H2,1-6H3. The second kappa shape index (κ2) is 10.2. The highest BCUT2D eigenvalue weighted by atomic mass is 16.5. The van der Waals surface area contributed by atoms with Gasteiger partial charge in [-0.15, -0.1) is 0 Å². The van der Waals surface area contributed by atoms with Crippen LogP contribution in [0.15, 0.2) is 65.8 Å². The Labute approximate surface area is 225 Å². The predicted molar refractivity (Wildman–Crippen MR) is 153 cm³/mol. The SMILES string of the molecule is CC(C)C(C)C=CC(C)C1CCC2C3=CC=C4CC(OC(=O)c5ccccc5)CCC4(C)C3CCC21C. The van der Waals surface area contributed by atoms with Gasteiger partial charge < -0.3 is 4.74 Å². The highest BCUT2D eigenvalue weighted by molar-refractivity contribution is 5.89. The fourth-order valence-electron chi connectivity index (χ4n) is 8.47. The molecule has 200 valence electrons. The van der Waals surface area contributed by atoms with E-state index in [1.54, 1.807) is 5.57 Å². The van der Waals surface area contributed by atoms with Crippen molar-refractivity contribution < 1.29 is 9.53 Å². The number of rotatable bonds is 6. The predicted octanol–water partition coefficient (Wildman–Crippen LogP) is 9.20. The Morgan fingerprint density at radius 3 is 2.41 bits per heavy atom. The van der Waals surface area contributed by atoms with E-state index in [4.69, 9.17) is 4.74 Å². The lowest BCUT2D eigenvalue weighted by molar-refractivity contribution is 0.00691. The van der Waals surface area contributed by atoms with Gasteiger partial charge in [-0.2, -0.15) is 0 Å². The van der Waals surface area contributed by atoms with Crippen LogP contribution in [0.3, 0.4) is 0 Å². The smallest absolute Gasteiger partial charge is 0.338 e. The lowest BCUT2D eigenvalue weighted by Crippen LogP contribution is -2.46. The molecule has 37 heavy (non-hydrogen) atoms. The molecule has 0 saturated heterocycles. The normalized spacial score (nSPS) is 36.7. The van der Waals surface area contributed by atoms with Crippen molar-refractivity contribution >= 4 is 5.97 Å². The Morgan fingerprint density at radius 1 is 0.919 bits per heavy atom. The van der Waals surface area contributed by atoms with Gasteiger partial charge in [0.2, 0.25) is 0 Å². The van der Waals surface area contributed by atoms with Gasteiger partial charge in [0.1, 0.15) is 6.10 Å². The molecule has 0 radical (unpaired) electrons. The molecule has 3 saturated carbocycles. The summed E-state index contributed by atoms with van der Waals surface area (Å²) in [5, 5.41) is 0. The zero-order chi connectivity index (χ0) is 26.4. The number of ether oxygens (including phenoxy) is 1. The van der Waals surface area contributed by atoms with Gasteiger partial charge in [0.15, 0.2) is 0 Å². The van der Waals surface area contributed by atoms with E-state index in [0.717, 1.165) is 31.1 Å². The maximum Gasteiger partial charge on any atom is 0.338 e. The summed E-state index contributed by atoms with van der Waals surface area (Å²) in [6.07, 6.45) is 18.3. The summed E-state index contributed by atoms with van der Waals surface area (Å²) < 4.78 is 5.98. The zero-order valence-electron chi connectivity index (χ0n) is 24.0. The molecule has 2 heteroatoms. The van der Waals surface area contributed by atoms with Gasteiger partial charge >= 0.3 is 5.97 Å². The van der Waals surface area contributed by atoms with E-state index in [9.17, 15) is 4.79 Å². The van der Waals surface area contributed by atoms with Gasteiger partial charge in [-0.3, -0.25) is 0 Å². The van der Waals surface area contributed by atoms with Crippen LogP contribution in [0.5, 0.6) is 0 Å². The summed E-state index contributed by atoms with van der Waals surface area (Å²) in [7, 11) is 0. The van der Waals surface area contributed by atoms with Crippen molar-refractivity contribution in [2.75, 3.05) is 0 Å². The van der Waals surface area contributed by atoms with E-state index < -0.39 is 0 Å². The second-order valence-electron chi connectivity index (χ2n) is 13.6. The average Bonchev–Trinajstić information content (AvgIpc) is 3.25. The van der Waals surface area contributed by atoms with Crippen LogP contribution in [-0.2, 0) is 4.74 Å². The summed E-state index contributed by atoms with van der Waals surface area (Å²) in [6, 6.07) is 9.43. The molecule has 4 aliphatic carbocycles. The van der Waals surface area contributed by atoms with Gasteiger partial charge in [-0.25, -0.2) is 4.79 Å². The van der Waals surface area contributed by atoms with E-state index >= 15 is 0 Å². The first-order valence-corrected chi connectivity index (χ1v) is 15.0. The molecule has 0 aromatic heterocycles. The molecule has 8 unspecified atom stereocenters. The van der Waals surface area contributed by atoms with Gasteiger partial charge in [0, 0.05) is 6.42 Å². The number of carbonyl (C=O) groups excluding carboxylic acids is 1. The first kappa shape index (κ1) is 26.5. The Hall–Kier alpha value is -2.09. The highest BCUT2D eigenvalue weighted by Crippen LogP contribution is 2.66. The number of allylic oxidation sites excluding steroid dienone is 5. The number of hydrogen-bond acceptors (Lipinski definition) is 2. The quantitative estimate of drug-likeness (QED) is 0.287. The maximum atomic E-state index is 12.7. The molecule has 3 fully saturated rings. The zero-order valence-corrected chi connectivity index (χ0v) is 24.0. The second-order valence-corrected chi connectivity index (χ2v) is 13.6. The topological polar surface area (TPSA) is 26.3 Å². The molecule has 8 atom stereocenters. The first-order chi connectivity index (χ1) is 17.6. The van der Waals surface area contributed by atoms with Crippen LogP contribution in [-0.4, -0.2) is 12.1 Å². The molecule has 4 aliphatic rings. The van der Waals surface area contributed by atoms with Crippen LogP contribution in [0.1, 0.15) is 96.8 Å². The summed E-state index contributed by atoms with van der Waals surface area (Å²) in [5.74, 6) is 3.97. The van der Waals surface area contributed by atoms with E-state index in [1.165, 1.54) is 31.3 Å². The van der Waals surface area contributed by atoms with Crippen molar-refractivity contribution in [1.29, 1.82) is 0 Å². The Bertz CT molecular complexity index is 1080. The van der Waals surface area contributed by atoms with Crippen molar-refractivity contribution in [3.63, 3.8) is 0 Å². The number of carbonyl (C=O) groups is 1. The Morgan fingerprint density at radius 2 is 1.68 bits per heavy atom. The summed E-state index contributed by atoms with van der Waals surface area (Å²) in [4.78, 5) is 12.7. The summed E-state index contributed by atoms with van der Waals surface area (Å²) in [6.45, 7) is 14.6. The molecular weight excluding hydrogens is 452 g/mol. The van der Waals surface area contributed by atoms with Gasteiger partial charge in [0.25, 0.3) is 0 Å². The number of benzene rings is 1. The van der Waals surface area contributed by atoms with Gasteiger partial charge in [-0.1, -0.05) is 95.2 Å². The van der Waals surface area contributed by atoms with Gasteiger partial charge in [-0.05, 0) is 97.0 Å². The summed E-state index contributed by atoms with van der Waals surface area (Å²) >= 11 is 0. The van der Waals surface area contributed by atoms with Crippen LogP contribution >= 0.6 is 0 Å². The van der Waals surface area contributed by atoms with Crippen LogP contribution in [0.4, 0.5) is 0 Å². The molecule has 0 N–H and O–H groups in total. The van der Waals surface area contributed by atoms with E-state index in [-0.39, 0.29) is 17.5 Å². The molecule has 0 amide bonds. The fraction of sp³-hybridized carbons (Fsp3) is 0.629. The van der Waals surface area contributed by atoms with Gasteiger partial charge in [0.05, 0.1) is 5.56 Å². The average molecular weight is 501 g/mol. The third-order valence-electron chi connectivity index (χ3n) is 11.3. The Balaban J connectivity index is 1.31. The van der Waals surface area contributed by atoms with Crippen molar-refractivity contribution in [3.8, 4) is 0 Å². The molecule has 5 rings (SSSR count). The number of hydrogen-bond donors (Lipinski definition) is 0. The van der Waals surface area contributed by atoms with Crippen molar-refractivity contribution in [1.82, 2.24) is 0 Å².